The first kappa shape index (κ1) is 17.1. The number of β-amino-alcohol motifs (C(OH)–C–C–N with tert-alkyl or cyclic N) is 1. The van der Waals surface area contributed by atoms with Gasteiger partial charge in [-0.2, -0.15) is 0 Å². The van der Waals surface area contributed by atoms with E-state index >= 15 is 0 Å². The van der Waals surface area contributed by atoms with E-state index in [1.54, 1.807) is 13.8 Å². The molecule has 126 valence electrons. The topological polar surface area (TPSA) is 106 Å². The third kappa shape index (κ3) is 3.10. The molecule has 0 unspecified atom stereocenters. The van der Waals surface area contributed by atoms with Crippen LogP contribution in [0.4, 0.5) is 0 Å². The highest BCUT2D eigenvalue weighted by molar-refractivity contribution is 5.74. The first-order valence-corrected chi connectivity index (χ1v) is 7.19. The number of amides is 1. The fourth-order valence-electron chi connectivity index (χ4n) is 3.04. The van der Waals surface area contributed by atoms with Crippen molar-refractivity contribution in [3.05, 3.63) is 0 Å². The SMILES string of the molecule is CC(=O)OC[C@@]1(O)[C@H](O)CN(C(C)=O)[C@H]1[C@H]1COC(C)(C)O1. The van der Waals surface area contributed by atoms with Crippen molar-refractivity contribution in [2.24, 2.45) is 0 Å². The van der Waals surface area contributed by atoms with Crippen LogP contribution in [0.1, 0.15) is 27.7 Å². The number of carbonyl (C=O) groups excluding carboxylic acids is 2. The lowest BCUT2D eigenvalue weighted by Gasteiger charge is -2.37. The lowest BCUT2D eigenvalue weighted by Crippen LogP contribution is -2.59. The number of hydrogen-bond donors (Lipinski definition) is 2. The number of likely N-dealkylation sites (tertiary alicyclic amines) is 1. The van der Waals surface area contributed by atoms with E-state index in [2.05, 4.69) is 0 Å². The van der Waals surface area contributed by atoms with Gasteiger partial charge >= 0.3 is 5.97 Å². The van der Waals surface area contributed by atoms with Gasteiger partial charge in [0.2, 0.25) is 5.91 Å². The Kier molecular flexibility index (Phi) is 4.49. The van der Waals surface area contributed by atoms with Gasteiger partial charge in [0.25, 0.3) is 0 Å². The van der Waals surface area contributed by atoms with E-state index in [0.29, 0.717) is 0 Å². The van der Waals surface area contributed by atoms with Crippen molar-refractivity contribution < 1.29 is 34.0 Å². The highest BCUT2D eigenvalue weighted by Crippen LogP contribution is 2.37. The molecule has 2 aliphatic heterocycles. The second-order valence-electron chi connectivity index (χ2n) is 6.27. The average Bonchev–Trinajstić information content (AvgIpc) is 2.86. The predicted molar refractivity (Wildman–Crippen MR) is 73.7 cm³/mol. The van der Waals surface area contributed by atoms with Gasteiger partial charge < -0.3 is 29.3 Å². The first-order chi connectivity index (χ1) is 10.1. The quantitative estimate of drug-likeness (QED) is 0.645. The Morgan fingerprint density at radius 1 is 1.36 bits per heavy atom. The summed E-state index contributed by atoms with van der Waals surface area (Å²) in [5.41, 5.74) is -1.80. The van der Waals surface area contributed by atoms with E-state index in [9.17, 15) is 19.8 Å². The van der Waals surface area contributed by atoms with Crippen LogP contribution in [-0.2, 0) is 23.8 Å². The van der Waals surface area contributed by atoms with Gasteiger partial charge in [-0.3, -0.25) is 9.59 Å². The van der Waals surface area contributed by atoms with Crippen LogP contribution in [0, 0.1) is 0 Å². The minimum Gasteiger partial charge on any atom is -0.463 e. The molecule has 0 spiro atoms. The van der Waals surface area contributed by atoms with Crippen LogP contribution >= 0.6 is 0 Å². The molecule has 2 rings (SSSR count). The Hall–Kier alpha value is -1.22. The third-order valence-corrected chi connectivity index (χ3v) is 4.09. The number of hydrogen-bond acceptors (Lipinski definition) is 7. The summed E-state index contributed by atoms with van der Waals surface area (Å²) in [5.74, 6) is -1.73. The van der Waals surface area contributed by atoms with Gasteiger partial charge in [-0.15, -0.1) is 0 Å². The number of nitrogens with zero attached hydrogens (tertiary/aromatic N) is 1. The average molecular weight is 317 g/mol. The second kappa shape index (κ2) is 5.77. The summed E-state index contributed by atoms with van der Waals surface area (Å²) in [6.45, 7) is 5.69. The maximum absolute atomic E-state index is 11.8. The minimum atomic E-state index is -1.80. The molecule has 0 aromatic heterocycles. The molecule has 8 nitrogen and oxygen atoms in total. The van der Waals surface area contributed by atoms with Crippen molar-refractivity contribution in [2.45, 2.75) is 57.3 Å². The monoisotopic (exact) mass is 317 g/mol. The molecule has 2 saturated heterocycles. The number of carbonyl (C=O) groups is 2. The summed E-state index contributed by atoms with van der Waals surface area (Å²) in [6, 6.07) is -0.860. The maximum Gasteiger partial charge on any atom is 0.302 e. The molecule has 0 radical (unpaired) electrons. The van der Waals surface area contributed by atoms with E-state index < -0.39 is 42.2 Å². The molecule has 0 aliphatic carbocycles. The summed E-state index contributed by atoms with van der Waals surface area (Å²) in [5, 5.41) is 21.1. The lowest BCUT2D eigenvalue weighted by molar-refractivity contribution is -0.178. The van der Waals surface area contributed by atoms with Crippen molar-refractivity contribution in [3.8, 4) is 0 Å². The predicted octanol–water partition coefficient (Wildman–Crippen LogP) is -0.976. The molecule has 2 aliphatic rings. The molecule has 0 aromatic rings. The molecule has 0 saturated carbocycles. The molecule has 22 heavy (non-hydrogen) atoms. The Labute approximate surface area is 128 Å². The van der Waals surface area contributed by atoms with Gasteiger partial charge in [0.05, 0.1) is 19.2 Å². The highest BCUT2D eigenvalue weighted by atomic mass is 16.7. The van der Waals surface area contributed by atoms with Crippen molar-refractivity contribution >= 4 is 11.9 Å². The Morgan fingerprint density at radius 3 is 2.45 bits per heavy atom. The molecule has 1 amide bonds. The van der Waals surface area contributed by atoms with Gasteiger partial charge in [-0.25, -0.2) is 0 Å². The van der Waals surface area contributed by atoms with E-state index in [0.717, 1.165) is 0 Å². The van der Waals surface area contributed by atoms with Gasteiger partial charge in [0, 0.05) is 13.8 Å². The molecule has 0 bridgehead atoms. The molecule has 4 atom stereocenters. The molecule has 2 N–H and O–H groups in total. The minimum absolute atomic E-state index is 0.0575. The van der Waals surface area contributed by atoms with Crippen LogP contribution in [0.5, 0.6) is 0 Å². The molecule has 8 heteroatoms. The third-order valence-electron chi connectivity index (χ3n) is 4.09. The maximum atomic E-state index is 11.8. The Bertz CT molecular complexity index is 466. The van der Waals surface area contributed by atoms with Crippen LogP contribution in [0.2, 0.25) is 0 Å². The highest BCUT2D eigenvalue weighted by Gasteiger charge is 2.59. The van der Waals surface area contributed by atoms with Crippen LogP contribution < -0.4 is 0 Å². The molecular formula is C14H23NO7. The molecule has 2 fully saturated rings. The number of aliphatic hydroxyl groups excluding tert-OH is 1. The van der Waals surface area contributed by atoms with E-state index in [1.165, 1.54) is 18.7 Å². The standard InChI is InChI=1S/C14H23NO7/c1-8(16)15-5-11(18)14(19,7-20-9(2)17)12(15)10-6-21-13(3,4)22-10/h10-12,18-19H,5-7H2,1-4H3/t10-,11-,12+,14-/m1/s1. The Morgan fingerprint density at radius 2 is 2.00 bits per heavy atom. The smallest absolute Gasteiger partial charge is 0.302 e. The molecule has 2 heterocycles. The zero-order valence-electron chi connectivity index (χ0n) is 13.2. The van der Waals surface area contributed by atoms with Crippen LogP contribution in [0.3, 0.4) is 0 Å². The normalized spacial score (nSPS) is 37.4. The van der Waals surface area contributed by atoms with Crippen molar-refractivity contribution in [3.63, 3.8) is 0 Å². The van der Waals surface area contributed by atoms with Crippen molar-refractivity contribution in [1.29, 1.82) is 0 Å². The summed E-state index contributed by atoms with van der Waals surface area (Å²) in [6.07, 6.45) is -1.87. The largest absolute Gasteiger partial charge is 0.463 e. The lowest BCUT2D eigenvalue weighted by atomic mass is 9.89. The number of rotatable bonds is 3. The van der Waals surface area contributed by atoms with Crippen molar-refractivity contribution in [2.75, 3.05) is 19.8 Å². The van der Waals surface area contributed by atoms with Gasteiger partial charge in [-0.1, -0.05) is 0 Å². The fraction of sp³-hybridized carbons (Fsp3) is 0.857. The van der Waals surface area contributed by atoms with Gasteiger partial charge in [0.1, 0.15) is 24.4 Å². The fourth-order valence-corrected chi connectivity index (χ4v) is 3.04. The van der Waals surface area contributed by atoms with Crippen molar-refractivity contribution in [1.82, 2.24) is 4.90 Å². The number of ether oxygens (including phenoxy) is 3. The zero-order chi connectivity index (χ0) is 16.7. The van der Waals surface area contributed by atoms with Crippen LogP contribution in [-0.4, -0.2) is 76.4 Å². The second-order valence-corrected chi connectivity index (χ2v) is 6.27. The van der Waals surface area contributed by atoms with Crippen LogP contribution in [0.15, 0.2) is 0 Å². The summed E-state index contributed by atoms with van der Waals surface area (Å²) < 4.78 is 16.1. The Balaban J connectivity index is 2.28. The van der Waals surface area contributed by atoms with Gasteiger partial charge in [0.15, 0.2) is 5.79 Å². The van der Waals surface area contributed by atoms with E-state index in [-0.39, 0.29) is 19.1 Å². The number of aliphatic hydroxyl groups is 2. The van der Waals surface area contributed by atoms with Gasteiger partial charge in [-0.05, 0) is 13.8 Å². The summed E-state index contributed by atoms with van der Waals surface area (Å²) >= 11 is 0. The van der Waals surface area contributed by atoms with E-state index in [1.807, 2.05) is 0 Å². The zero-order valence-corrected chi connectivity index (χ0v) is 13.2. The van der Waals surface area contributed by atoms with E-state index in [4.69, 9.17) is 14.2 Å². The first-order valence-electron chi connectivity index (χ1n) is 7.19. The molecular weight excluding hydrogens is 294 g/mol. The van der Waals surface area contributed by atoms with Crippen LogP contribution in [0.25, 0.3) is 0 Å². The molecule has 0 aromatic carbocycles. The summed E-state index contributed by atoms with van der Waals surface area (Å²) in [7, 11) is 0. The summed E-state index contributed by atoms with van der Waals surface area (Å²) in [4.78, 5) is 24.2. The number of esters is 1.